The average Bonchev–Trinajstić information content (AvgIpc) is 2.29. The molecule has 0 saturated carbocycles. The molecule has 0 atom stereocenters. The van der Waals surface area contributed by atoms with Crippen molar-refractivity contribution >= 4 is 5.97 Å². The van der Waals surface area contributed by atoms with Crippen LogP contribution in [0.5, 0.6) is 5.75 Å². The van der Waals surface area contributed by atoms with E-state index >= 15 is 0 Å². The summed E-state index contributed by atoms with van der Waals surface area (Å²) in [5.74, 6) is -0.374. The lowest BCUT2D eigenvalue weighted by atomic mass is 10.0. The average molecular weight is 240 g/mol. The number of ether oxygens (including phenoxy) is 3. The zero-order valence-electron chi connectivity index (χ0n) is 10.1. The smallest absolute Gasteiger partial charge is 0.335 e. The first-order chi connectivity index (χ1) is 8.13. The summed E-state index contributed by atoms with van der Waals surface area (Å²) in [4.78, 5) is 11.0. The minimum absolute atomic E-state index is 0.199. The van der Waals surface area contributed by atoms with Crippen LogP contribution in [0.3, 0.4) is 0 Å². The quantitative estimate of drug-likeness (QED) is 0.819. The van der Waals surface area contributed by atoms with Crippen molar-refractivity contribution in [3.63, 3.8) is 0 Å². The van der Waals surface area contributed by atoms with Crippen molar-refractivity contribution in [3.8, 4) is 5.75 Å². The fraction of sp³-hybridized carbons (Fsp3) is 0.417. The predicted molar refractivity (Wildman–Crippen MR) is 61.4 cm³/mol. The van der Waals surface area contributed by atoms with Gasteiger partial charge in [-0.05, 0) is 12.1 Å². The highest BCUT2D eigenvalue weighted by Gasteiger charge is 2.14. The van der Waals surface area contributed by atoms with Gasteiger partial charge in [-0.25, -0.2) is 4.79 Å². The normalized spacial score (nSPS) is 10.3. The van der Waals surface area contributed by atoms with E-state index in [1.165, 1.54) is 7.11 Å². The lowest BCUT2D eigenvalue weighted by molar-refractivity contribution is 0.0696. The summed E-state index contributed by atoms with van der Waals surface area (Å²) < 4.78 is 15.3. The van der Waals surface area contributed by atoms with Gasteiger partial charge in [-0.2, -0.15) is 0 Å². The van der Waals surface area contributed by atoms with Gasteiger partial charge in [0.1, 0.15) is 5.75 Å². The van der Waals surface area contributed by atoms with Crippen molar-refractivity contribution in [1.29, 1.82) is 0 Å². The molecule has 17 heavy (non-hydrogen) atoms. The molecule has 0 spiro atoms. The van der Waals surface area contributed by atoms with Crippen LogP contribution in [0.25, 0.3) is 0 Å². The van der Waals surface area contributed by atoms with Crippen LogP contribution in [0.2, 0.25) is 0 Å². The number of carboxylic acid groups (broad SMARTS) is 1. The fourth-order valence-electron chi connectivity index (χ4n) is 1.67. The molecule has 5 heteroatoms. The molecule has 1 N–H and O–H groups in total. The Kier molecular flexibility index (Phi) is 4.93. The van der Waals surface area contributed by atoms with Gasteiger partial charge in [0, 0.05) is 25.3 Å². The van der Waals surface area contributed by atoms with Gasteiger partial charge in [0.15, 0.2) is 0 Å². The molecular formula is C12H16O5. The summed E-state index contributed by atoms with van der Waals surface area (Å²) in [6.07, 6.45) is 0. The Morgan fingerprint density at radius 1 is 1.12 bits per heavy atom. The van der Waals surface area contributed by atoms with Crippen LogP contribution in [-0.4, -0.2) is 32.4 Å². The Balaban J connectivity index is 3.28. The van der Waals surface area contributed by atoms with E-state index < -0.39 is 5.97 Å². The first-order valence-corrected chi connectivity index (χ1v) is 5.05. The van der Waals surface area contributed by atoms with E-state index in [1.807, 2.05) is 0 Å². The largest absolute Gasteiger partial charge is 0.496 e. The van der Waals surface area contributed by atoms with Crippen molar-refractivity contribution in [3.05, 3.63) is 28.8 Å². The molecule has 5 nitrogen and oxygen atoms in total. The zero-order valence-corrected chi connectivity index (χ0v) is 10.1. The highest BCUT2D eigenvalue weighted by atomic mass is 16.5. The third kappa shape index (κ3) is 3.18. The maximum atomic E-state index is 11.0. The van der Waals surface area contributed by atoms with Crippen LogP contribution >= 0.6 is 0 Å². The number of hydrogen-bond acceptors (Lipinski definition) is 4. The number of benzene rings is 1. The Morgan fingerprint density at radius 2 is 1.59 bits per heavy atom. The van der Waals surface area contributed by atoms with Gasteiger partial charge in [0.05, 0.1) is 25.9 Å². The number of aromatic carboxylic acids is 1. The molecule has 0 saturated heterocycles. The molecule has 0 aromatic heterocycles. The summed E-state index contributed by atoms with van der Waals surface area (Å²) in [6.45, 7) is 0.585. The van der Waals surface area contributed by atoms with Crippen LogP contribution < -0.4 is 4.74 Å². The summed E-state index contributed by atoms with van der Waals surface area (Å²) >= 11 is 0. The van der Waals surface area contributed by atoms with E-state index in [0.717, 1.165) is 0 Å². The first-order valence-electron chi connectivity index (χ1n) is 5.05. The SMILES string of the molecule is COCc1cc(C(=O)O)cc(COC)c1OC. The Bertz CT molecular complexity index is 373. The second-order valence-electron chi connectivity index (χ2n) is 3.50. The molecule has 0 amide bonds. The zero-order chi connectivity index (χ0) is 12.8. The number of hydrogen-bond donors (Lipinski definition) is 1. The summed E-state index contributed by atoms with van der Waals surface area (Å²) in [7, 11) is 4.62. The maximum Gasteiger partial charge on any atom is 0.335 e. The van der Waals surface area contributed by atoms with Crippen LogP contribution in [-0.2, 0) is 22.7 Å². The van der Waals surface area contributed by atoms with E-state index in [2.05, 4.69) is 0 Å². The van der Waals surface area contributed by atoms with Crippen LogP contribution in [0.1, 0.15) is 21.5 Å². The topological polar surface area (TPSA) is 65.0 Å². The van der Waals surface area contributed by atoms with Gasteiger partial charge in [-0.1, -0.05) is 0 Å². The van der Waals surface area contributed by atoms with Crippen molar-refractivity contribution in [2.24, 2.45) is 0 Å². The van der Waals surface area contributed by atoms with E-state index in [4.69, 9.17) is 19.3 Å². The summed E-state index contributed by atoms with van der Waals surface area (Å²) in [5, 5.41) is 9.01. The van der Waals surface area contributed by atoms with Crippen LogP contribution in [0.4, 0.5) is 0 Å². The lowest BCUT2D eigenvalue weighted by Gasteiger charge is -2.14. The third-order valence-electron chi connectivity index (χ3n) is 2.29. The van der Waals surface area contributed by atoms with E-state index in [-0.39, 0.29) is 5.56 Å². The summed E-state index contributed by atoms with van der Waals surface area (Å²) in [6, 6.07) is 3.09. The molecule has 0 radical (unpaired) electrons. The van der Waals surface area contributed by atoms with Crippen molar-refractivity contribution in [2.45, 2.75) is 13.2 Å². The van der Waals surface area contributed by atoms with Gasteiger partial charge in [0.25, 0.3) is 0 Å². The van der Waals surface area contributed by atoms with Crippen molar-refractivity contribution in [1.82, 2.24) is 0 Å². The fourth-order valence-corrected chi connectivity index (χ4v) is 1.67. The van der Waals surface area contributed by atoms with Crippen molar-refractivity contribution < 1.29 is 24.1 Å². The second kappa shape index (κ2) is 6.22. The lowest BCUT2D eigenvalue weighted by Crippen LogP contribution is -2.05. The third-order valence-corrected chi connectivity index (χ3v) is 2.29. The molecule has 0 aliphatic carbocycles. The molecule has 0 heterocycles. The molecule has 94 valence electrons. The minimum atomic E-state index is -0.984. The minimum Gasteiger partial charge on any atom is -0.496 e. The summed E-state index contributed by atoms with van der Waals surface area (Å²) in [5.41, 5.74) is 1.59. The standard InChI is InChI=1S/C12H16O5/c1-15-6-9-4-8(12(13)14)5-10(7-16-2)11(9)17-3/h4-5H,6-7H2,1-3H3,(H,13,14). The molecule has 1 aromatic carbocycles. The number of methoxy groups -OCH3 is 3. The highest BCUT2D eigenvalue weighted by molar-refractivity contribution is 5.88. The Labute approximate surface area is 99.9 Å². The monoisotopic (exact) mass is 240 g/mol. The van der Waals surface area contributed by atoms with E-state index in [1.54, 1.807) is 26.4 Å². The number of carboxylic acids is 1. The molecule has 0 unspecified atom stereocenters. The molecule has 0 aliphatic heterocycles. The Morgan fingerprint density at radius 3 is 1.88 bits per heavy atom. The van der Waals surface area contributed by atoms with Gasteiger partial charge < -0.3 is 19.3 Å². The number of rotatable bonds is 6. The van der Waals surface area contributed by atoms with Crippen molar-refractivity contribution in [2.75, 3.05) is 21.3 Å². The predicted octanol–water partition coefficient (Wildman–Crippen LogP) is 1.69. The Hall–Kier alpha value is -1.59. The second-order valence-corrected chi connectivity index (χ2v) is 3.50. The molecule has 1 rings (SSSR count). The molecule has 0 fully saturated rings. The van der Waals surface area contributed by atoms with Crippen LogP contribution in [0.15, 0.2) is 12.1 Å². The van der Waals surface area contributed by atoms with E-state index in [0.29, 0.717) is 30.1 Å². The molecular weight excluding hydrogens is 224 g/mol. The molecule has 0 bridgehead atoms. The van der Waals surface area contributed by atoms with Gasteiger partial charge in [-0.3, -0.25) is 0 Å². The van der Waals surface area contributed by atoms with Gasteiger partial charge in [0.2, 0.25) is 0 Å². The van der Waals surface area contributed by atoms with E-state index in [9.17, 15) is 4.79 Å². The van der Waals surface area contributed by atoms with Crippen LogP contribution in [0, 0.1) is 0 Å². The number of carbonyl (C=O) groups is 1. The molecule has 1 aromatic rings. The molecule has 0 aliphatic rings. The highest BCUT2D eigenvalue weighted by Crippen LogP contribution is 2.27. The maximum absolute atomic E-state index is 11.0. The first kappa shape index (κ1) is 13.5. The van der Waals surface area contributed by atoms with Gasteiger partial charge in [-0.15, -0.1) is 0 Å². The van der Waals surface area contributed by atoms with Gasteiger partial charge >= 0.3 is 5.97 Å².